The average molecular weight is 382 g/mol. The summed E-state index contributed by atoms with van der Waals surface area (Å²) in [4.78, 5) is 25.6. The zero-order chi connectivity index (χ0) is 19.3. The van der Waals surface area contributed by atoms with Crippen LogP contribution in [0.1, 0.15) is 19.1 Å². The highest BCUT2D eigenvalue weighted by molar-refractivity contribution is 6.32. The number of carbonyl (C=O) groups is 2. The molecule has 0 saturated heterocycles. The van der Waals surface area contributed by atoms with Crippen LogP contribution in [0.2, 0.25) is 5.02 Å². The number of amides is 2. The zero-order valence-electron chi connectivity index (χ0n) is 15.0. The first-order valence-electron chi connectivity index (χ1n) is 7.78. The maximum Gasteiger partial charge on any atom is 0.227 e. The second-order valence-corrected chi connectivity index (χ2v) is 5.86. The molecule has 2 amide bonds. The van der Waals surface area contributed by atoms with E-state index in [2.05, 4.69) is 10.5 Å². The zero-order valence-corrected chi connectivity index (χ0v) is 15.7. The molecule has 0 spiro atoms. The smallest absolute Gasteiger partial charge is 0.227 e. The summed E-state index contributed by atoms with van der Waals surface area (Å²) >= 11 is 6.10. The van der Waals surface area contributed by atoms with E-state index < -0.39 is 0 Å². The van der Waals surface area contributed by atoms with Crippen molar-refractivity contribution in [3.63, 3.8) is 0 Å². The standard InChI is InChI=1S/C17H20ClN3O5/c1-10-7-16(20-26-10)19-17(23)5-6-21(11(2)22)13-9-14(24-3)12(18)8-15(13)25-4/h7-9H,5-6H2,1-4H3,(H,19,20,23). The number of nitrogens with one attached hydrogen (secondary N) is 1. The molecule has 1 N–H and O–H groups in total. The van der Waals surface area contributed by atoms with E-state index in [1.807, 2.05) is 0 Å². The summed E-state index contributed by atoms with van der Waals surface area (Å²) < 4.78 is 15.4. The van der Waals surface area contributed by atoms with Crippen molar-refractivity contribution in [1.29, 1.82) is 0 Å². The van der Waals surface area contributed by atoms with Gasteiger partial charge in [0.15, 0.2) is 5.82 Å². The minimum atomic E-state index is -0.301. The van der Waals surface area contributed by atoms with Crippen LogP contribution in [0.5, 0.6) is 11.5 Å². The maximum atomic E-state index is 12.1. The van der Waals surface area contributed by atoms with Crippen molar-refractivity contribution in [2.45, 2.75) is 20.3 Å². The normalized spacial score (nSPS) is 10.3. The predicted molar refractivity (Wildman–Crippen MR) is 97.1 cm³/mol. The molecular weight excluding hydrogens is 362 g/mol. The van der Waals surface area contributed by atoms with Crippen LogP contribution in [0.4, 0.5) is 11.5 Å². The van der Waals surface area contributed by atoms with Crippen molar-refractivity contribution in [3.8, 4) is 11.5 Å². The first-order chi connectivity index (χ1) is 12.3. The van der Waals surface area contributed by atoms with Gasteiger partial charge in [-0.25, -0.2) is 0 Å². The largest absolute Gasteiger partial charge is 0.495 e. The number of aryl methyl sites for hydroxylation is 1. The first kappa shape index (κ1) is 19.6. The van der Waals surface area contributed by atoms with Gasteiger partial charge in [0.2, 0.25) is 11.8 Å². The Hall–Kier alpha value is -2.74. The van der Waals surface area contributed by atoms with Crippen molar-refractivity contribution in [3.05, 3.63) is 29.0 Å². The molecule has 140 valence electrons. The van der Waals surface area contributed by atoms with Crippen LogP contribution in [0, 0.1) is 6.92 Å². The topological polar surface area (TPSA) is 93.9 Å². The third kappa shape index (κ3) is 4.66. The molecule has 0 radical (unpaired) electrons. The van der Waals surface area contributed by atoms with Crippen LogP contribution >= 0.6 is 11.6 Å². The van der Waals surface area contributed by atoms with E-state index in [0.717, 1.165) is 0 Å². The number of hydrogen-bond donors (Lipinski definition) is 1. The van der Waals surface area contributed by atoms with Crippen LogP contribution < -0.4 is 19.7 Å². The predicted octanol–water partition coefficient (Wildman–Crippen LogP) is 3.04. The molecule has 1 aromatic carbocycles. The molecule has 0 saturated carbocycles. The molecule has 0 aliphatic rings. The Morgan fingerprint density at radius 1 is 1.23 bits per heavy atom. The number of rotatable bonds is 7. The van der Waals surface area contributed by atoms with Crippen molar-refractivity contribution >= 4 is 34.9 Å². The van der Waals surface area contributed by atoms with Gasteiger partial charge in [0, 0.05) is 38.1 Å². The van der Waals surface area contributed by atoms with Gasteiger partial charge in [-0.3, -0.25) is 9.59 Å². The lowest BCUT2D eigenvalue weighted by Gasteiger charge is -2.24. The molecule has 0 bridgehead atoms. The molecule has 0 aliphatic heterocycles. The van der Waals surface area contributed by atoms with Gasteiger partial charge in [0.1, 0.15) is 17.3 Å². The fraction of sp³-hybridized carbons (Fsp3) is 0.353. The average Bonchev–Trinajstić information content (AvgIpc) is 3.00. The third-order valence-electron chi connectivity index (χ3n) is 3.58. The highest BCUT2D eigenvalue weighted by atomic mass is 35.5. The van der Waals surface area contributed by atoms with Gasteiger partial charge in [-0.2, -0.15) is 0 Å². The van der Waals surface area contributed by atoms with E-state index in [-0.39, 0.29) is 24.8 Å². The lowest BCUT2D eigenvalue weighted by atomic mass is 10.2. The molecule has 8 nitrogen and oxygen atoms in total. The van der Waals surface area contributed by atoms with Gasteiger partial charge in [-0.05, 0) is 6.92 Å². The van der Waals surface area contributed by atoms with Crippen molar-refractivity contribution in [2.75, 3.05) is 31.0 Å². The number of aromatic nitrogens is 1. The molecule has 0 atom stereocenters. The van der Waals surface area contributed by atoms with Gasteiger partial charge >= 0.3 is 0 Å². The SMILES string of the molecule is COc1cc(N(CCC(=O)Nc2cc(C)on2)C(C)=O)c(OC)cc1Cl. The Kier molecular flexibility index (Phi) is 6.46. The van der Waals surface area contributed by atoms with E-state index >= 15 is 0 Å². The number of benzene rings is 1. The van der Waals surface area contributed by atoms with E-state index in [9.17, 15) is 9.59 Å². The number of methoxy groups -OCH3 is 2. The van der Waals surface area contributed by atoms with Crippen LogP contribution in [0.25, 0.3) is 0 Å². The van der Waals surface area contributed by atoms with E-state index in [1.54, 1.807) is 25.1 Å². The van der Waals surface area contributed by atoms with Crippen LogP contribution in [0.3, 0.4) is 0 Å². The Balaban J connectivity index is 2.16. The number of hydrogen-bond acceptors (Lipinski definition) is 6. The molecule has 0 unspecified atom stereocenters. The second kappa shape index (κ2) is 8.57. The number of carbonyl (C=O) groups excluding carboxylic acids is 2. The summed E-state index contributed by atoms with van der Waals surface area (Å²) in [6, 6.07) is 4.76. The highest BCUT2D eigenvalue weighted by Gasteiger charge is 2.20. The number of ether oxygens (including phenoxy) is 2. The lowest BCUT2D eigenvalue weighted by Crippen LogP contribution is -2.32. The van der Waals surface area contributed by atoms with E-state index in [0.29, 0.717) is 33.8 Å². The number of halogens is 1. The van der Waals surface area contributed by atoms with E-state index in [1.165, 1.54) is 26.0 Å². The van der Waals surface area contributed by atoms with Gasteiger partial charge in [-0.15, -0.1) is 0 Å². The molecule has 0 fully saturated rings. The van der Waals surface area contributed by atoms with Gasteiger partial charge in [0.25, 0.3) is 0 Å². The molecule has 0 aliphatic carbocycles. The molecule has 26 heavy (non-hydrogen) atoms. The van der Waals surface area contributed by atoms with Crippen LogP contribution in [0.15, 0.2) is 22.7 Å². The van der Waals surface area contributed by atoms with E-state index in [4.69, 9.17) is 25.6 Å². The summed E-state index contributed by atoms with van der Waals surface area (Å²) in [6.45, 7) is 3.26. The first-order valence-corrected chi connectivity index (χ1v) is 8.16. The molecule has 2 aromatic rings. The molecular formula is C17H20ClN3O5. The minimum absolute atomic E-state index is 0.0551. The van der Waals surface area contributed by atoms with Crippen molar-refractivity contribution in [2.24, 2.45) is 0 Å². The fourth-order valence-electron chi connectivity index (χ4n) is 2.35. The van der Waals surface area contributed by atoms with Crippen molar-refractivity contribution < 1.29 is 23.6 Å². The quantitative estimate of drug-likeness (QED) is 0.792. The van der Waals surface area contributed by atoms with Gasteiger partial charge in [0.05, 0.1) is 24.9 Å². The molecule has 1 heterocycles. The summed E-state index contributed by atoms with van der Waals surface area (Å²) in [5.74, 6) is 1.16. The molecule has 9 heteroatoms. The Labute approximate surface area is 156 Å². The lowest BCUT2D eigenvalue weighted by molar-refractivity contribution is -0.117. The Morgan fingerprint density at radius 2 is 1.92 bits per heavy atom. The monoisotopic (exact) mass is 381 g/mol. The second-order valence-electron chi connectivity index (χ2n) is 5.45. The maximum absolute atomic E-state index is 12.1. The summed E-state index contributed by atoms with van der Waals surface area (Å²) in [5, 5.41) is 6.66. The highest BCUT2D eigenvalue weighted by Crippen LogP contribution is 2.38. The third-order valence-corrected chi connectivity index (χ3v) is 3.88. The molecule has 2 rings (SSSR count). The van der Waals surface area contributed by atoms with Crippen LogP contribution in [-0.4, -0.2) is 37.7 Å². The number of nitrogens with zero attached hydrogens (tertiary/aromatic N) is 2. The Bertz CT molecular complexity index is 806. The van der Waals surface area contributed by atoms with Gasteiger partial charge < -0.3 is 24.2 Å². The molecule has 1 aromatic heterocycles. The summed E-state index contributed by atoms with van der Waals surface area (Å²) in [5.41, 5.74) is 0.464. The minimum Gasteiger partial charge on any atom is -0.495 e. The van der Waals surface area contributed by atoms with Gasteiger partial charge in [-0.1, -0.05) is 16.8 Å². The summed E-state index contributed by atoms with van der Waals surface area (Å²) in [7, 11) is 2.95. The Morgan fingerprint density at radius 3 is 2.46 bits per heavy atom. The van der Waals surface area contributed by atoms with Crippen LogP contribution in [-0.2, 0) is 9.59 Å². The fourth-order valence-corrected chi connectivity index (χ4v) is 2.58. The number of anilines is 2. The van der Waals surface area contributed by atoms with Crippen molar-refractivity contribution in [1.82, 2.24) is 5.16 Å². The summed E-state index contributed by atoms with van der Waals surface area (Å²) in [6.07, 6.45) is 0.0551.